The third-order valence-corrected chi connectivity index (χ3v) is 2.41. The molecule has 1 aliphatic heterocycles. The number of hydrogen-bond acceptors (Lipinski definition) is 3. The molecule has 0 aromatic carbocycles. The summed E-state index contributed by atoms with van der Waals surface area (Å²) in [6.45, 7) is 0.109. The van der Waals surface area contributed by atoms with Crippen LogP contribution >= 0.6 is 0 Å². The third-order valence-electron chi connectivity index (χ3n) is 2.41. The van der Waals surface area contributed by atoms with Gasteiger partial charge in [-0.1, -0.05) is 12.8 Å². The predicted octanol–water partition coefficient (Wildman–Crippen LogP) is 1.63. The maximum absolute atomic E-state index is 11.2. The van der Waals surface area contributed by atoms with Gasteiger partial charge in [0.2, 0.25) is 0 Å². The zero-order chi connectivity index (χ0) is 9.52. The molecule has 1 aliphatic rings. The molecule has 76 valence electrons. The van der Waals surface area contributed by atoms with Crippen LogP contribution in [0.5, 0.6) is 0 Å². The molecule has 1 atom stereocenters. The molecule has 13 heavy (non-hydrogen) atoms. The first kappa shape index (κ1) is 10.5. The Bertz CT molecular complexity index is 156. The quantitative estimate of drug-likeness (QED) is 0.667. The van der Waals surface area contributed by atoms with Gasteiger partial charge in [0.15, 0.2) is 0 Å². The van der Waals surface area contributed by atoms with Gasteiger partial charge in [0, 0.05) is 19.4 Å². The molecule has 0 saturated carbocycles. The fourth-order valence-electron chi connectivity index (χ4n) is 1.65. The van der Waals surface area contributed by atoms with Crippen molar-refractivity contribution in [1.29, 1.82) is 0 Å². The maximum atomic E-state index is 11.2. The van der Waals surface area contributed by atoms with Gasteiger partial charge < -0.3 is 9.84 Å². The molecule has 0 aromatic rings. The van der Waals surface area contributed by atoms with Gasteiger partial charge in [0.05, 0.1) is 0 Å². The molecule has 0 amide bonds. The number of carbonyl (C=O) groups is 1. The molecule has 1 fully saturated rings. The Hall–Kier alpha value is -0.570. The summed E-state index contributed by atoms with van der Waals surface area (Å²) in [6, 6.07) is 0. The van der Waals surface area contributed by atoms with Crippen LogP contribution in [0, 0.1) is 0 Å². The lowest BCUT2D eigenvalue weighted by Crippen LogP contribution is -2.18. The summed E-state index contributed by atoms with van der Waals surface area (Å²) in [7, 11) is 0. The second-order valence-corrected chi connectivity index (χ2v) is 3.58. The maximum Gasteiger partial charge on any atom is 0.306 e. The van der Waals surface area contributed by atoms with E-state index in [4.69, 9.17) is 9.84 Å². The highest BCUT2D eigenvalue weighted by Crippen LogP contribution is 2.16. The molecule has 1 N–H and O–H groups in total. The third kappa shape index (κ3) is 4.27. The second kappa shape index (κ2) is 5.97. The first-order chi connectivity index (χ1) is 6.33. The highest BCUT2D eigenvalue weighted by atomic mass is 16.5. The molecular weight excluding hydrogens is 168 g/mol. The van der Waals surface area contributed by atoms with Crippen molar-refractivity contribution in [3.63, 3.8) is 0 Å². The molecule has 1 rings (SSSR count). The molecule has 0 radical (unpaired) electrons. The van der Waals surface area contributed by atoms with E-state index in [2.05, 4.69) is 0 Å². The highest BCUT2D eigenvalue weighted by Gasteiger charge is 2.15. The van der Waals surface area contributed by atoms with Crippen LogP contribution in [0.25, 0.3) is 0 Å². The molecule has 0 spiro atoms. The second-order valence-electron chi connectivity index (χ2n) is 3.58. The summed E-state index contributed by atoms with van der Waals surface area (Å²) in [5.74, 6) is -0.0969. The summed E-state index contributed by atoms with van der Waals surface area (Å²) in [5.41, 5.74) is 0. The van der Waals surface area contributed by atoms with E-state index in [-0.39, 0.29) is 18.7 Å². The van der Waals surface area contributed by atoms with Gasteiger partial charge in [-0.3, -0.25) is 4.79 Å². The van der Waals surface area contributed by atoms with E-state index in [0.717, 1.165) is 25.7 Å². The molecule has 1 heterocycles. The van der Waals surface area contributed by atoms with Crippen LogP contribution in [0.3, 0.4) is 0 Å². The van der Waals surface area contributed by atoms with Gasteiger partial charge >= 0.3 is 5.97 Å². The normalized spacial score (nSPS) is 25.6. The van der Waals surface area contributed by atoms with Crippen LogP contribution in [0.2, 0.25) is 0 Å². The van der Waals surface area contributed by atoms with Crippen molar-refractivity contribution >= 4 is 5.97 Å². The van der Waals surface area contributed by atoms with Crippen LogP contribution in [0.15, 0.2) is 0 Å². The predicted molar refractivity (Wildman–Crippen MR) is 49.3 cm³/mol. The fraction of sp³-hybridized carbons (Fsp3) is 0.900. The Balaban J connectivity index is 2.36. The Kier molecular flexibility index (Phi) is 4.83. The van der Waals surface area contributed by atoms with E-state index in [1.165, 1.54) is 6.42 Å². The lowest BCUT2D eigenvalue weighted by atomic mass is 10.1. The first-order valence-corrected chi connectivity index (χ1v) is 5.13. The Morgan fingerprint density at radius 1 is 1.31 bits per heavy atom. The largest absolute Gasteiger partial charge is 0.462 e. The average molecular weight is 186 g/mol. The molecule has 3 heteroatoms. The Labute approximate surface area is 79.1 Å². The molecule has 0 bridgehead atoms. The monoisotopic (exact) mass is 186 g/mol. The van der Waals surface area contributed by atoms with Gasteiger partial charge in [-0.15, -0.1) is 0 Å². The van der Waals surface area contributed by atoms with Crippen molar-refractivity contribution in [2.75, 3.05) is 6.61 Å². The number of hydrogen-bond donors (Lipinski definition) is 1. The topological polar surface area (TPSA) is 46.5 Å². The molecular formula is C10H18O3. The zero-order valence-corrected chi connectivity index (χ0v) is 8.00. The number of ether oxygens (including phenoxy) is 1. The summed E-state index contributed by atoms with van der Waals surface area (Å²) in [4.78, 5) is 11.2. The summed E-state index contributed by atoms with van der Waals surface area (Å²) in [5, 5.41) is 8.75. The molecule has 1 unspecified atom stereocenters. The van der Waals surface area contributed by atoms with E-state index in [1.807, 2.05) is 0 Å². The zero-order valence-electron chi connectivity index (χ0n) is 8.00. The first-order valence-electron chi connectivity index (χ1n) is 5.13. The van der Waals surface area contributed by atoms with Crippen LogP contribution < -0.4 is 0 Å². The van der Waals surface area contributed by atoms with E-state index < -0.39 is 0 Å². The molecule has 0 aliphatic carbocycles. The van der Waals surface area contributed by atoms with Crippen LogP contribution in [-0.2, 0) is 9.53 Å². The van der Waals surface area contributed by atoms with Crippen molar-refractivity contribution in [3.05, 3.63) is 0 Å². The van der Waals surface area contributed by atoms with Crippen molar-refractivity contribution in [2.24, 2.45) is 0 Å². The van der Waals surface area contributed by atoms with Crippen LogP contribution in [-0.4, -0.2) is 23.8 Å². The van der Waals surface area contributed by atoms with Crippen LogP contribution in [0.1, 0.15) is 44.9 Å². The lowest BCUT2D eigenvalue weighted by molar-refractivity contribution is -0.149. The standard InChI is InChI=1S/C10H18O3/c11-8-7-9-5-3-1-2-4-6-10(12)13-9/h9,11H,1-8H2. The minimum absolute atomic E-state index is 0.0457. The summed E-state index contributed by atoms with van der Waals surface area (Å²) < 4.78 is 5.21. The smallest absolute Gasteiger partial charge is 0.306 e. The summed E-state index contributed by atoms with van der Waals surface area (Å²) >= 11 is 0. The van der Waals surface area contributed by atoms with Gasteiger partial charge in [-0.05, 0) is 19.3 Å². The Morgan fingerprint density at radius 2 is 2.08 bits per heavy atom. The SMILES string of the molecule is O=C1CCCCCCC(CCO)O1. The van der Waals surface area contributed by atoms with Gasteiger partial charge in [0.25, 0.3) is 0 Å². The number of esters is 1. The summed E-state index contributed by atoms with van der Waals surface area (Å²) in [6.07, 6.45) is 6.36. The van der Waals surface area contributed by atoms with Gasteiger partial charge in [-0.2, -0.15) is 0 Å². The van der Waals surface area contributed by atoms with Crippen LogP contribution in [0.4, 0.5) is 0 Å². The molecule has 1 saturated heterocycles. The number of rotatable bonds is 2. The van der Waals surface area contributed by atoms with E-state index in [9.17, 15) is 4.79 Å². The number of carbonyl (C=O) groups excluding carboxylic acids is 1. The molecule has 3 nitrogen and oxygen atoms in total. The van der Waals surface area contributed by atoms with E-state index in [0.29, 0.717) is 12.8 Å². The molecule has 0 aromatic heterocycles. The van der Waals surface area contributed by atoms with Gasteiger partial charge in [0.1, 0.15) is 6.10 Å². The number of cyclic esters (lactones) is 1. The van der Waals surface area contributed by atoms with Crippen molar-refractivity contribution in [3.8, 4) is 0 Å². The number of aliphatic hydroxyl groups excluding tert-OH is 1. The number of aliphatic hydroxyl groups is 1. The van der Waals surface area contributed by atoms with E-state index >= 15 is 0 Å². The fourth-order valence-corrected chi connectivity index (χ4v) is 1.65. The van der Waals surface area contributed by atoms with Crippen molar-refractivity contribution < 1.29 is 14.6 Å². The van der Waals surface area contributed by atoms with Gasteiger partial charge in [-0.25, -0.2) is 0 Å². The van der Waals surface area contributed by atoms with Crippen molar-refractivity contribution in [1.82, 2.24) is 0 Å². The Morgan fingerprint density at radius 3 is 2.85 bits per heavy atom. The van der Waals surface area contributed by atoms with E-state index in [1.54, 1.807) is 0 Å². The van der Waals surface area contributed by atoms with Crippen molar-refractivity contribution in [2.45, 2.75) is 51.0 Å². The average Bonchev–Trinajstić information content (AvgIpc) is 2.18. The highest BCUT2D eigenvalue weighted by molar-refractivity contribution is 5.69. The lowest BCUT2D eigenvalue weighted by Gasteiger charge is -2.15. The minimum Gasteiger partial charge on any atom is -0.462 e. The minimum atomic E-state index is -0.0969.